The van der Waals surface area contributed by atoms with E-state index in [9.17, 15) is 14.4 Å². The van der Waals surface area contributed by atoms with Gasteiger partial charge in [-0.15, -0.1) is 11.3 Å². The fraction of sp³-hybridized carbons (Fsp3) is 0.371. The van der Waals surface area contributed by atoms with Gasteiger partial charge >= 0.3 is 11.9 Å². The summed E-state index contributed by atoms with van der Waals surface area (Å²) in [6.07, 6.45) is 8.25. The molecule has 0 bridgehead atoms. The number of anilines is 1. The second kappa shape index (κ2) is 15.6. The third-order valence-electron chi connectivity index (χ3n) is 7.65. The van der Waals surface area contributed by atoms with Gasteiger partial charge in [0.15, 0.2) is 5.13 Å². The molecular formula is C35H41N7O5S2. The van der Waals surface area contributed by atoms with Crippen molar-refractivity contribution in [3.8, 4) is 20.9 Å². The van der Waals surface area contributed by atoms with Gasteiger partial charge in [-0.25, -0.2) is 15.0 Å². The zero-order chi connectivity index (χ0) is 35.9. The minimum Gasteiger partial charge on any atom is -0.465 e. The maximum atomic E-state index is 12.3. The maximum Gasteiger partial charge on any atom is 0.317 e. The number of carbonyl (C=O) groups excluding carboxylic acids is 3. The molecule has 5 rings (SSSR count). The Morgan fingerprint density at radius 3 is 1.76 bits per heavy atom. The Bertz CT molecular complexity index is 1930. The molecule has 0 radical (unpaired) electrons. The summed E-state index contributed by atoms with van der Waals surface area (Å²) in [7, 11) is 0. The summed E-state index contributed by atoms with van der Waals surface area (Å²) >= 11 is 2.89. The Balaban J connectivity index is 0.000000230. The Kier molecular flexibility index (Phi) is 11.8. The molecule has 49 heavy (non-hydrogen) atoms. The van der Waals surface area contributed by atoms with E-state index in [1.807, 2.05) is 52.0 Å². The summed E-state index contributed by atoms with van der Waals surface area (Å²) in [6, 6.07) is 7.56. The summed E-state index contributed by atoms with van der Waals surface area (Å²) in [5.41, 5.74) is 8.99. The van der Waals surface area contributed by atoms with E-state index in [1.54, 1.807) is 52.5 Å². The van der Waals surface area contributed by atoms with E-state index >= 15 is 0 Å². The third kappa shape index (κ3) is 8.62. The largest absolute Gasteiger partial charge is 0.465 e. The van der Waals surface area contributed by atoms with Gasteiger partial charge < -0.3 is 15.2 Å². The number of pyridine rings is 2. The molecule has 5 aromatic rings. The van der Waals surface area contributed by atoms with Crippen molar-refractivity contribution in [3.63, 3.8) is 0 Å². The summed E-state index contributed by atoms with van der Waals surface area (Å²) < 4.78 is 11.8. The van der Waals surface area contributed by atoms with Crippen molar-refractivity contribution in [1.29, 1.82) is 0 Å². The maximum absolute atomic E-state index is 12.3. The van der Waals surface area contributed by atoms with E-state index in [-0.39, 0.29) is 24.3 Å². The zero-order valence-corrected chi connectivity index (χ0v) is 30.6. The lowest BCUT2D eigenvalue weighted by molar-refractivity contribution is -0.149. The molecule has 0 saturated heterocycles. The SMILES string of the molecule is CCOC(=O)C(C)(C)c1cc(-c2sc(CC(=O)n3ccnc3)nc2C)ccn1.CCOC(=O)C(C)(C)c1cc(-c2sc(N)nc2C)ccn1. The third-order valence-corrected chi connectivity index (χ3v) is 9.89. The van der Waals surface area contributed by atoms with Crippen LogP contribution in [0.4, 0.5) is 5.13 Å². The van der Waals surface area contributed by atoms with Gasteiger partial charge in [0.25, 0.3) is 0 Å². The highest BCUT2D eigenvalue weighted by Crippen LogP contribution is 2.35. The molecule has 0 aromatic carbocycles. The van der Waals surface area contributed by atoms with Gasteiger partial charge in [0.1, 0.15) is 22.2 Å². The molecule has 5 aromatic heterocycles. The van der Waals surface area contributed by atoms with Crippen LogP contribution in [0.3, 0.4) is 0 Å². The van der Waals surface area contributed by atoms with Gasteiger partial charge in [-0.2, -0.15) is 0 Å². The minimum atomic E-state index is -0.856. The zero-order valence-electron chi connectivity index (χ0n) is 28.9. The molecule has 14 heteroatoms. The summed E-state index contributed by atoms with van der Waals surface area (Å²) in [4.78, 5) is 60.0. The van der Waals surface area contributed by atoms with Gasteiger partial charge in [-0.1, -0.05) is 11.3 Å². The van der Waals surface area contributed by atoms with Crippen LogP contribution in [0.2, 0.25) is 0 Å². The van der Waals surface area contributed by atoms with Crippen LogP contribution in [0.25, 0.3) is 20.9 Å². The number of hydrogen-bond acceptors (Lipinski definition) is 13. The molecule has 0 spiro atoms. The number of nitrogens with two attached hydrogens (primary N) is 1. The number of carbonyl (C=O) groups is 3. The molecular weight excluding hydrogens is 663 g/mol. The Labute approximate surface area is 293 Å². The fourth-order valence-corrected chi connectivity index (χ4v) is 6.65. The van der Waals surface area contributed by atoms with Crippen LogP contribution in [0.15, 0.2) is 55.4 Å². The highest BCUT2D eigenvalue weighted by molar-refractivity contribution is 7.18. The first kappa shape index (κ1) is 37.0. The first-order chi connectivity index (χ1) is 23.2. The Morgan fingerprint density at radius 1 is 0.796 bits per heavy atom. The number of esters is 2. The van der Waals surface area contributed by atoms with Crippen molar-refractivity contribution in [3.05, 3.63) is 83.2 Å². The molecule has 0 amide bonds. The highest BCUT2D eigenvalue weighted by atomic mass is 32.1. The first-order valence-electron chi connectivity index (χ1n) is 15.7. The summed E-state index contributed by atoms with van der Waals surface area (Å²) in [5, 5.41) is 1.26. The molecule has 0 aliphatic rings. The number of hydrogen-bond donors (Lipinski definition) is 1. The van der Waals surface area contributed by atoms with Gasteiger partial charge in [0.05, 0.1) is 52.2 Å². The smallest absolute Gasteiger partial charge is 0.317 e. The number of thiazole rings is 2. The van der Waals surface area contributed by atoms with Crippen molar-refractivity contribution < 1.29 is 23.9 Å². The van der Waals surface area contributed by atoms with Crippen molar-refractivity contribution in [2.24, 2.45) is 0 Å². The predicted octanol–water partition coefficient (Wildman–Crippen LogP) is 6.37. The molecule has 0 unspecified atom stereocenters. The second-order valence-electron chi connectivity index (χ2n) is 12.1. The van der Waals surface area contributed by atoms with Crippen LogP contribution < -0.4 is 5.73 Å². The van der Waals surface area contributed by atoms with Crippen LogP contribution in [-0.4, -0.2) is 60.5 Å². The highest BCUT2D eigenvalue weighted by Gasteiger charge is 2.34. The van der Waals surface area contributed by atoms with Crippen molar-refractivity contribution >= 4 is 45.7 Å². The van der Waals surface area contributed by atoms with Crippen LogP contribution in [-0.2, 0) is 36.3 Å². The van der Waals surface area contributed by atoms with E-state index in [1.165, 1.54) is 33.6 Å². The standard InChI is InChI=1S/C20H22N4O3S.C15H19N3O2S/c1-5-27-19(26)20(3,4)15-10-14(6-7-22-15)18-13(2)23-16(28-18)11-17(25)24-9-8-21-12-24;1-5-20-13(19)15(3,4)11-8-10(6-7-17-11)12-9(2)18-14(16)21-12/h6-10,12H,5,11H2,1-4H3;6-8H,5H2,1-4H3,(H2,16,18). The molecule has 0 saturated carbocycles. The lowest BCUT2D eigenvalue weighted by atomic mass is 9.88. The molecule has 2 N–H and O–H groups in total. The topological polar surface area (TPSA) is 165 Å². The number of aromatic nitrogens is 6. The van der Waals surface area contributed by atoms with Gasteiger partial charge in [-0.3, -0.25) is 28.9 Å². The monoisotopic (exact) mass is 703 g/mol. The quantitative estimate of drug-likeness (QED) is 0.161. The number of ether oxygens (including phenoxy) is 2. The van der Waals surface area contributed by atoms with Crippen molar-refractivity contribution in [2.45, 2.75) is 72.6 Å². The molecule has 258 valence electrons. The van der Waals surface area contributed by atoms with Gasteiger partial charge in [-0.05, 0) is 90.8 Å². The van der Waals surface area contributed by atoms with Crippen LogP contribution in [0.5, 0.6) is 0 Å². The molecule has 0 aliphatic carbocycles. The van der Waals surface area contributed by atoms with Gasteiger partial charge in [0, 0.05) is 24.8 Å². The first-order valence-corrected chi connectivity index (χ1v) is 17.3. The average molecular weight is 704 g/mol. The normalized spacial score (nSPS) is 11.4. The van der Waals surface area contributed by atoms with E-state index in [0.29, 0.717) is 29.7 Å². The number of rotatable bonds is 10. The minimum absolute atomic E-state index is 0.0864. The van der Waals surface area contributed by atoms with Crippen LogP contribution in [0.1, 0.15) is 74.1 Å². The number of imidazole rings is 1. The number of nitrogens with zero attached hydrogens (tertiary/aromatic N) is 6. The second-order valence-corrected chi connectivity index (χ2v) is 14.2. The lowest BCUT2D eigenvalue weighted by Gasteiger charge is -2.22. The lowest BCUT2D eigenvalue weighted by Crippen LogP contribution is -2.32. The number of aryl methyl sites for hydroxylation is 2. The predicted molar refractivity (Wildman–Crippen MR) is 190 cm³/mol. The number of nitrogen functional groups attached to an aromatic ring is 1. The summed E-state index contributed by atoms with van der Waals surface area (Å²) in [5.74, 6) is -0.681. The van der Waals surface area contributed by atoms with E-state index in [4.69, 9.17) is 15.2 Å². The van der Waals surface area contributed by atoms with Crippen LogP contribution in [0, 0.1) is 13.8 Å². The Morgan fingerprint density at radius 2 is 1.31 bits per heavy atom. The van der Waals surface area contributed by atoms with E-state index in [0.717, 1.165) is 37.3 Å². The van der Waals surface area contributed by atoms with Gasteiger partial charge in [0.2, 0.25) is 5.91 Å². The fourth-order valence-electron chi connectivity index (χ4n) is 4.77. The van der Waals surface area contributed by atoms with Crippen molar-refractivity contribution in [2.75, 3.05) is 18.9 Å². The van der Waals surface area contributed by atoms with E-state index in [2.05, 4.69) is 24.9 Å². The van der Waals surface area contributed by atoms with Crippen LogP contribution >= 0.6 is 22.7 Å². The molecule has 5 heterocycles. The molecule has 0 aliphatic heterocycles. The Hall–Kier alpha value is -4.82. The van der Waals surface area contributed by atoms with E-state index < -0.39 is 10.8 Å². The molecule has 12 nitrogen and oxygen atoms in total. The summed E-state index contributed by atoms with van der Waals surface area (Å²) in [6.45, 7) is 15.3. The van der Waals surface area contributed by atoms with Crippen molar-refractivity contribution in [1.82, 2.24) is 29.5 Å². The molecule has 0 fully saturated rings. The average Bonchev–Trinajstić information content (AvgIpc) is 3.82. The molecule has 0 atom stereocenters.